The zero-order valence-corrected chi connectivity index (χ0v) is 12.5. The largest absolute Gasteiger partial charge is 0.387 e. The van der Waals surface area contributed by atoms with Crippen LogP contribution in [0, 0.1) is 5.92 Å². The predicted octanol–water partition coefficient (Wildman–Crippen LogP) is 2.54. The highest BCUT2D eigenvalue weighted by Crippen LogP contribution is 2.15. The molecular formula is C16H27NO2. The molecule has 0 amide bonds. The van der Waals surface area contributed by atoms with Crippen LogP contribution in [0.1, 0.15) is 38.0 Å². The molecule has 1 rings (SSSR count). The van der Waals surface area contributed by atoms with Crippen molar-refractivity contribution in [3.8, 4) is 0 Å². The molecule has 0 heterocycles. The lowest BCUT2D eigenvalue weighted by molar-refractivity contribution is 0.143. The number of benzene rings is 1. The monoisotopic (exact) mass is 265 g/mol. The van der Waals surface area contributed by atoms with E-state index in [1.165, 1.54) is 5.56 Å². The van der Waals surface area contributed by atoms with Crippen LogP contribution in [0.3, 0.4) is 0 Å². The molecule has 108 valence electrons. The van der Waals surface area contributed by atoms with Gasteiger partial charge in [-0.1, -0.05) is 38.1 Å². The van der Waals surface area contributed by atoms with E-state index < -0.39 is 6.10 Å². The Kier molecular flexibility index (Phi) is 7.06. The van der Waals surface area contributed by atoms with Crippen molar-refractivity contribution in [1.29, 1.82) is 0 Å². The number of rotatable bonds is 8. The third-order valence-electron chi connectivity index (χ3n) is 3.08. The lowest BCUT2D eigenvalue weighted by atomic mass is 10.0. The summed E-state index contributed by atoms with van der Waals surface area (Å²) in [5, 5.41) is 13.4. The van der Waals surface area contributed by atoms with Gasteiger partial charge in [-0.25, -0.2) is 0 Å². The molecule has 0 saturated carbocycles. The third-order valence-corrected chi connectivity index (χ3v) is 3.08. The van der Waals surface area contributed by atoms with Crippen LogP contribution in [-0.2, 0) is 11.2 Å². The highest BCUT2D eigenvalue weighted by Gasteiger charge is 2.09. The topological polar surface area (TPSA) is 41.5 Å². The van der Waals surface area contributed by atoms with Crippen LogP contribution in [0.5, 0.6) is 0 Å². The molecule has 0 spiro atoms. The van der Waals surface area contributed by atoms with Crippen molar-refractivity contribution in [3.63, 3.8) is 0 Å². The average Bonchev–Trinajstić information content (AvgIpc) is 2.36. The van der Waals surface area contributed by atoms with Gasteiger partial charge in [0.25, 0.3) is 0 Å². The summed E-state index contributed by atoms with van der Waals surface area (Å²) in [5.74, 6) is 0.660. The lowest BCUT2D eigenvalue weighted by Crippen LogP contribution is -2.33. The van der Waals surface area contributed by atoms with Crippen LogP contribution in [0.2, 0.25) is 0 Å². The number of nitrogens with one attached hydrogen (secondary N) is 1. The zero-order chi connectivity index (χ0) is 14.3. The normalized spacial score (nSPS) is 14.6. The number of hydrogen-bond acceptors (Lipinski definition) is 3. The Hall–Kier alpha value is -0.900. The fourth-order valence-corrected chi connectivity index (χ4v) is 2.09. The number of methoxy groups -OCH3 is 1. The van der Waals surface area contributed by atoms with E-state index in [1.807, 2.05) is 19.1 Å². The van der Waals surface area contributed by atoms with Crippen molar-refractivity contribution in [2.24, 2.45) is 5.92 Å². The van der Waals surface area contributed by atoms with Crippen molar-refractivity contribution in [2.45, 2.75) is 39.3 Å². The van der Waals surface area contributed by atoms with Gasteiger partial charge < -0.3 is 15.2 Å². The van der Waals surface area contributed by atoms with Crippen LogP contribution in [0.15, 0.2) is 24.3 Å². The maximum absolute atomic E-state index is 10.1. The second kappa shape index (κ2) is 8.31. The van der Waals surface area contributed by atoms with E-state index in [2.05, 4.69) is 31.3 Å². The number of ether oxygens (including phenoxy) is 1. The van der Waals surface area contributed by atoms with E-state index in [4.69, 9.17) is 4.74 Å². The Morgan fingerprint density at radius 1 is 1.16 bits per heavy atom. The summed E-state index contributed by atoms with van der Waals surface area (Å²) < 4.78 is 5.05. The van der Waals surface area contributed by atoms with Crippen LogP contribution in [0.4, 0.5) is 0 Å². The van der Waals surface area contributed by atoms with Crippen LogP contribution in [0.25, 0.3) is 0 Å². The molecule has 0 bridgehead atoms. The van der Waals surface area contributed by atoms with Crippen molar-refractivity contribution < 1.29 is 9.84 Å². The van der Waals surface area contributed by atoms with Gasteiger partial charge in [-0.2, -0.15) is 0 Å². The van der Waals surface area contributed by atoms with Crippen molar-refractivity contribution in [1.82, 2.24) is 5.32 Å². The summed E-state index contributed by atoms with van der Waals surface area (Å²) >= 11 is 0. The molecular weight excluding hydrogens is 238 g/mol. The minimum absolute atomic E-state index is 0.250. The van der Waals surface area contributed by atoms with E-state index in [1.54, 1.807) is 7.11 Å². The summed E-state index contributed by atoms with van der Waals surface area (Å²) in [6.07, 6.45) is 0.617. The molecule has 1 aromatic carbocycles. The van der Waals surface area contributed by atoms with Gasteiger partial charge >= 0.3 is 0 Å². The molecule has 0 aliphatic carbocycles. The molecule has 3 nitrogen and oxygen atoms in total. The maximum Gasteiger partial charge on any atom is 0.0914 e. The van der Waals surface area contributed by atoms with Crippen LogP contribution < -0.4 is 5.32 Å². The average molecular weight is 265 g/mol. The Morgan fingerprint density at radius 3 is 2.32 bits per heavy atom. The molecule has 3 heteroatoms. The van der Waals surface area contributed by atoms with Crippen molar-refractivity contribution >= 4 is 0 Å². The van der Waals surface area contributed by atoms with E-state index in [0.717, 1.165) is 12.0 Å². The summed E-state index contributed by atoms with van der Waals surface area (Å²) in [7, 11) is 1.68. The standard InChI is InChI=1S/C16H27NO2/c1-12(2)9-14-5-7-15(8-6-14)16(18)10-17-13(3)11-19-4/h5-8,12-13,16-18H,9-11H2,1-4H3. The van der Waals surface area contributed by atoms with Gasteiger partial charge in [0.15, 0.2) is 0 Å². The highest BCUT2D eigenvalue weighted by atomic mass is 16.5. The van der Waals surface area contributed by atoms with E-state index in [-0.39, 0.29) is 6.04 Å². The molecule has 2 N–H and O–H groups in total. The minimum Gasteiger partial charge on any atom is -0.387 e. The SMILES string of the molecule is COCC(C)NCC(O)c1ccc(CC(C)C)cc1. The lowest BCUT2D eigenvalue weighted by Gasteiger charge is -2.17. The van der Waals surface area contributed by atoms with Gasteiger partial charge in [-0.15, -0.1) is 0 Å². The summed E-state index contributed by atoms with van der Waals surface area (Å²) in [6.45, 7) is 7.67. The summed E-state index contributed by atoms with van der Waals surface area (Å²) in [4.78, 5) is 0. The van der Waals surface area contributed by atoms with E-state index >= 15 is 0 Å². The van der Waals surface area contributed by atoms with Gasteiger partial charge in [-0.05, 0) is 30.4 Å². The Balaban J connectivity index is 2.46. The predicted molar refractivity (Wildman–Crippen MR) is 79.3 cm³/mol. The molecule has 0 fully saturated rings. The summed E-state index contributed by atoms with van der Waals surface area (Å²) in [6, 6.07) is 8.50. The first-order valence-corrected chi connectivity index (χ1v) is 7.02. The Bertz CT molecular complexity index is 348. The van der Waals surface area contributed by atoms with E-state index in [9.17, 15) is 5.11 Å². The first kappa shape index (κ1) is 16.2. The first-order valence-electron chi connectivity index (χ1n) is 7.02. The quantitative estimate of drug-likeness (QED) is 0.759. The Morgan fingerprint density at radius 2 is 1.79 bits per heavy atom. The minimum atomic E-state index is -0.465. The molecule has 0 aliphatic rings. The molecule has 2 atom stereocenters. The second-order valence-electron chi connectivity index (χ2n) is 5.62. The fourth-order valence-electron chi connectivity index (χ4n) is 2.09. The Labute approximate surface area is 117 Å². The van der Waals surface area contributed by atoms with Crippen LogP contribution >= 0.6 is 0 Å². The number of hydrogen-bond donors (Lipinski definition) is 2. The number of aliphatic hydroxyl groups is 1. The van der Waals surface area contributed by atoms with Gasteiger partial charge in [0, 0.05) is 19.7 Å². The zero-order valence-electron chi connectivity index (χ0n) is 12.5. The summed E-state index contributed by atoms with van der Waals surface area (Å²) in [5.41, 5.74) is 2.29. The highest BCUT2D eigenvalue weighted by molar-refractivity contribution is 5.24. The number of aliphatic hydroxyl groups excluding tert-OH is 1. The van der Waals surface area contributed by atoms with Gasteiger partial charge in [-0.3, -0.25) is 0 Å². The molecule has 19 heavy (non-hydrogen) atoms. The molecule has 0 saturated heterocycles. The van der Waals surface area contributed by atoms with Crippen LogP contribution in [-0.4, -0.2) is 31.4 Å². The maximum atomic E-state index is 10.1. The molecule has 1 aromatic rings. The molecule has 2 unspecified atom stereocenters. The van der Waals surface area contributed by atoms with Crippen molar-refractivity contribution in [2.75, 3.05) is 20.3 Å². The van der Waals surface area contributed by atoms with Gasteiger partial charge in [0.05, 0.1) is 12.7 Å². The van der Waals surface area contributed by atoms with E-state index in [0.29, 0.717) is 19.1 Å². The van der Waals surface area contributed by atoms with Crippen molar-refractivity contribution in [3.05, 3.63) is 35.4 Å². The molecule has 0 aliphatic heterocycles. The smallest absolute Gasteiger partial charge is 0.0914 e. The third kappa shape index (κ3) is 6.19. The first-order chi connectivity index (χ1) is 9.02. The van der Waals surface area contributed by atoms with Gasteiger partial charge in [0.2, 0.25) is 0 Å². The second-order valence-corrected chi connectivity index (χ2v) is 5.62. The molecule has 0 aromatic heterocycles. The molecule has 0 radical (unpaired) electrons. The van der Waals surface area contributed by atoms with Gasteiger partial charge in [0.1, 0.15) is 0 Å². The fraction of sp³-hybridized carbons (Fsp3) is 0.625.